The van der Waals surface area contributed by atoms with E-state index in [0.717, 1.165) is 16.0 Å². The van der Waals surface area contributed by atoms with Gasteiger partial charge in [-0.05, 0) is 29.5 Å². The van der Waals surface area contributed by atoms with Crippen LogP contribution in [0.4, 0.5) is 0 Å². The van der Waals surface area contributed by atoms with Crippen molar-refractivity contribution in [2.75, 3.05) is 0 Å². The zero-order valence-corrected chi connectivity index (χ0v) is 11.6. The first-order chi connectivity index (χ1) is 7.61. The molecule has 0 N–H and O–H groups in total. The Hall–Kier alpha value is -0.210. The molecule has 84 valence electrons. The van der Waals surface area contributed by atoms with E-state index < -0.39 is 0 Å². The average molecular weight is 292 g/mol. The molecule has 2 rings (SSSR count). The summed E-state index contributed by atoms with van der Waals surface area (Å²) in [5.74, 6) is 0. The summed E-state index contributed by atoms with van der Waals surface area (Å²) in [6.45, 7) is 1.96. The summed E-state index contributed by atoms with van der Waals surface area (Å²) in [5.41, 5.74) is 1.94. The molecule has 0 aliphatic rings. The lowest BCUT2D eigenvalue weighted by Crippen LogP contribution is -1.93. The second kappa shape index (κ2) is 4.97. The Morgan fingerprint density at radius 1 is 1.19 bits per heavy atom. The molecule has 16 heavy (non-hydrogen) atoms. The van der Waals surface area contributed by atoms with Gasteiger partial charge in [0.1, 0.15) is 0 Å². The summed E-state index contributed by atoms with van der Waals surface area (Å²) >= 11 is 20.2. The van der Waals surface area contributed by atoms with Gasteiger partial charge >= 0.3 is 0 Å². The Morgan fingerprint density at radius 2 is 1.94 bits per heavy atom. The minimum Gasteiger partial charge on any atom is -0.145 e. The van der Waals surface area contributed by atoms with Crippen LogP contribution in [0, 0.1) is 6.92 Å². The Morgan fingerprint density at radius 3 is 2.56 bits per heavy atom. The maximum absolute atomic E-state index is 6.40. The highest BCUT2D eigenvalue weighted by molar-refractivity contribution is 7.11. The van der Waals surface area contributed by atoms with Gasteiger partial charge in [0.25, 0.3) is 0 Å². The van der Waals surface area contributed by atoms with E-state index in [9.17, 15) is 0 Å². The number of thiophene rings is 1. The van der Waals surface area contributed by atoms with Gasteiger partial charge in [-0.15, -0.1) is 22.9 Å². The van der Waals surface area contributed by atoms with Crippen LogP contribution >= 0.6 is 46.1 Å². The summed E-state index contributed by atoms with van der Waals surface area (Å²) in [6, 6.07) is 7.70. The molecule has 0 amide bonds. The second-order valence-electron chi connectivity index (χ2n) is 3.47. The van der Waals surface area contributed by atoms with Crippen molar-refractivity contribution in [3.05, 3.63) is 55.7 Å². The molecule has 2 aromatic rings. The largest absolute Gasteiger partial charge is 0.145 e. The van der Waals surface area contributed by atoms with Gasteiger partial charge in [0.15, 0.2) is 0 Å². The van der Waals surface area contributed by atoms with Crippen molar-refractivity contribution in [1.29, 1.82) is 0 Å². The molecule has 1 unspecified atom stereocenters. The normalized spacial score (nSPS) is 12.8. The van der Waals surface area contributed by atoms with E-state index in [1.54, 1.807) is 11.3 Å². The number of hydrogen-bond acceptors (Lipinski definition) is 1. The Balaban J connectivity index is 2.46. The molecule has 0 bridgehead atoms. The van der Waals surface area contributed by atoms with E-state index in [0.29, 0.717) is 10.0 Å². The molecule has 0 aliphatic heterocycles. The lowest BCUT2D eigenvalue weighted by atomic mass is 10.1. The fraction of sp³-hybridized carbons (Fsp3) is 0.167. The van der Waals surface area contributed by atoms with Crippen molar-refractivity contribution in [1.82, 2.24) is 0 Å². The first-order valence-electron chi connectivity index (χ1n) is 4.73. The van der Waals surface area contributed by atoms with Crippen molar-refractivity contribution in [3.63, 3.8) is 0 Å². The van der Waals surface area contributed by atoms with Crippen molar-refractivity contribution in [3.8, 4) is 0 Å². The van der Waals surface area contributed by atoms with Crippen LogP contribution < -0.4 is 0 Å². The van der Waals surface area contributed by atoms with Gasteiger partial charge in [-0.25, -0.2) is 0 Å². The van der Waals surface area contributed by atoms with Gasteiger partial charge in [0, 0.05) is 9.90 Å². The Labute approximate surface area is 114 Å². The maximum Gasteiger partial charge on any atom is 0.0957 e. The van der Waals surface area contributed by atoms with Crippen LogP contribution in [0.1, 0.15) is 21.4 Å². The molecular formula is C12H9Cl3S. The summed E-state index contributed by atoms with van der Waals surface area (Å²) in [7, 11) is 0. The molecular weight excluding hydrogens is 283 g/mol. The van der Waals surface area contributed by atoms with Crippen LogP contribution in [0.25, 0.3) is 0 Å². The second-order valence-corrected chi connectivity index (χ2v) is 5.64. The van der Waals surface area contributed by atoms with Crippen LogP contribution in [0.2, 0.25) is 10.0 Å². The number of aryl methyl sites for hydroxylation is 1. The highest BCUT2D eigenvalue weighted by Gasteiger charge is 2.18. The Kier molecular flexibility index (Phi) is 3.81. The summed E-state index contributed by atoms with van der Waals surface area (Å²) in [6.07, 6.45) is 0. The van der Waals surface area contributed by atoms with Gasteiger partial charge in [0.05, 0.1) is 10.4 Å². The average Bonchev–Trinajstić information content (AvgIpc) is 2.68. The van der Waals surface area contributed by atoms with E-state index in [2.05, 4.69) is 0 Å². The fourth-order valence-electron chi connectivity index (χ4n) is 1.49. The monoisotopic (exact) mass is 290 g/mol. The van der Waals surface area contributed by atoms with Gasteiger partial charge < -0.3 is 0 Å². The zero-order chi connectivity index (χ0) is 11.7. The van der Waals surface area contributed by atoms with Crippen molar-refractivity contribution >= 4 is 46.1 Å². The van der Waals surface area contributed by atoms with Crippen molar-refractivity contribution < 1.29 is 0 Å². The van der Waals surface area contributed by atoms with Crippen LogP contribution in [0.5, 0.6) is 0 Å². The van der Waals surface area contributed by atoms with Crippen molar-refractivity contribution in [2.45, 2.75) is 12.3 Å². The molecule has 1 heterocycles. The third-order valence-electron chi connectivity index (χ3n) is 2.37. The molecule has 0 fully saturated rings. The van der Waals surface area contributed by atoms with E-state index in [4.69, 9.17) is 34.8 Å². The Bertz CT molecular complexity index is 505. The minimum atomic E-state index is -0.278. The van der Waals surface area contributed by atoms with Crippen molar-refractivity contribution in [2.24, 2.45) is 0 Å². The van der Waals surface area contributed by atoms with Crippen LogP contribution in [0.3, 0.4) is 0 Å². The molecule has 0 saturated heterocycles. The number of alkyl halides is 1. The first-order valence-corrected chi connectivity index (χ1v) is 6.80. The van der Waals surface area contributed by atoms with Gasteiger partial charge in [0.2, 0.25) is 0 Å². The predicted octanol–water partition coefficient (Wildman–Crippen LogP) is 5.69. The molecule has 1 aromatic heterocycles. The minimum absolute atomic E-state index is 0.278. The number of halogens is 3. The summed E-state index contributed by atoms with van der Waals surface area (Å²) in [4.78, 5) is 0.941. The van der Waals surface area contributed by atoms with E-state index >= 15 is 0 Å². The van der Waals surface area contributed by atoms with E-state index in [-0.39, 0.29) is 5.38 Å². The standard InChI is InChI=1S/C12H9Cl3S/c1-7-3-2-4-8(10(7)14)11(15)12-9(13)5-6-16-12/h2-6,11H,1H3. The highest BCUT2D eigenvalue weighted by atomic mass is 35.5. The van der Waals surface area contributed by atoms with Crippen LogP contribution in [0.15, 0.2) is 29.6 Å². The van der Waals surface area contributed by atoms with Gasteiger partial charge in [-0.3, -0.25) is 0 Å². The molecule has 1 aromatic carbocycles. The maximum atomic E-state index is 6.40. The SMILES string of the molecule is Cc1cccc(C(Cl)c2sccc2Cl)c1Cl. The summed E-state index contributed by atoms with van der Waals surface area (Å²) in [5, 5.41) is 3.06. The predicted molar refractivity (Wildman–Crippen MR) is 73.2 cm³/mol. The molecule has 0 spiro atoms. The molecule has 0 nitrogen and oxygen atoms in total. The highest BCUT2D eigenvalue weighted by Crippen LogP contribution is 2.40. The van der Waals surface area contributed by atoms with E-state index in [1.165, 1.54) is 0 Å². The zero-order valence-electron chi connectivity index (χ0n) is 8.51. The first kappa shape index (κ1) is 12.3. The molecule has 0 aliphatic carbocycles. The number of hydrogen-bond donors (Lipinski definition) is 0. The third kappa shape index (κ3) is 2.23. The lowest BCUT2D eigenvalue weighted by molar-refractivity contribution is 1.17. The topological polar surface area (TPSA) is 0 Å². The summed E-state index contributed by atoms with van der Waals surface area (Å²) < 4.78 is 0. The number of rotatable bonds is 2. The van der Waals surface area contributed by atoms with Gasteiger partial charge in [-0.2, -0.15) is 0 Å². The van der Waals surface area contributed by atoms with Gasteiger partial charge in [-0.1, -0.05) is 41.4 Å². The lowest BCUT2D eigenvalue weighted by Gasteiger charge is -2.12. The fourth-order valence-corrected chi connectivity index (χ4v) is 3.45. The quantitative estimate of drug-likeness (QED) is 0.623. The molecule has 0 saturated carbocycles. The number of benzene rings is 1. The molecule has 1 atom stereocenters. The molecule has 0 radical (unpaired) electrons. The molecule has 4 heteroatoms. The smallest absolute Gasteiger partial charge is 0.0957 e. The third-order valence-corrected chi connectivity index (χ3v) is 4.89. The van der Waals surface area contributed by atoms with Crippen LogP contribution in [-0.2, 0) is 0 Å². The van der Waals surface area contributed by atoms with Crippen LogP contribution in [-0.4, -0.2) is 0 Å². The van der Waals surface area contributed by atoms with E-state index in [1.807, 2.05) is 36.6 Å².